The Labute approximate surface area is 69.9 Å². The summed E-state index contributed by atoms with van der Waals surface area (Å²) in [6.45, 7) is 2.44. The van der Waals surface area contributed by atoms with Gasteiger partial charge in [0.15, 0.2) is 0 Å². The van der Waals surface area contributed by atoms with Crippen molar-refractivity contribution in [3.05, 3.63) is 0 Å². The van der Waals surface area contributed by atoms with Gasteiger partial charge in [0.25, 0.3) is 0 Å². The molecule has 5 heteroatoms. The van der Waals surface area contributed by atoms with Gasteiger partial charge in [-0.3, -0.25) is 4.79 Å². The summed E-state index contributed by atoms with van der Waals surface area (Å²) < 4.78 is 5.06. The minimum atomic E-state index is -0.985. The van der Waals surface area contributed by atoms with E-state index in [9.17, 15) is 9.59 Å². The molecule has 0 bridgehead atoms. The molecule has 1 aliphatic rings. The molecule has 0 spiro atoms. The third kappa shape index (κ3) is 1.94. The summed E-state index contributed by atoms with van der Waals surface area (Å²) in [4.78, 5) is 21.8. The lowest BCUT2D eigenvalue weighted by Crippen LogP contribution is -2.61. The Kier molecular flexibility index (Phi) is 2.32. The van der Waals surface area contributed by atoms with E-state index in [1.54, 1.807) is 6.92 Å². The minimum absolute atomic E-state index is 0.302. The second-order valence-corrected chi connectivity index (χ2v) is 3.14. The molecule has 5 nitrogen and oxygen atoms in total. The lowest BCUT2D eigenvalue weighted by atomic mass is 9.97. The summed E-state index contributed by atoms with van der Waals surface area (Å²) in [5.74, 6) is -0.985. The minimum Gasteiger partial charge on any atom is -0.480 e. The lowest BCUT2D eigenvalue weighted by Gasteiger charge is -2.45. The molecule has 0 aromatic rings. The third-order valence-electron chi connectivity index (χ3n) is 1.77. The van der Waals surface area contributed by atoms with Crippen LogP contribution in [0, 0.1) is 0 Å². The van der Waals surface area contributed by atoms with Gasteiger partial charge in [-0.15, -0.1) is 0 Å². The molecule has 0 radical (unpaired) electrons. The van der Waals surface area contributed by atoms with Crippen LogP contribution in [0.1, 0.15) is 6.92 Å². The standard InChI is InChI=1S/C7H11NO4/c1-7(12-2-6(10)11)3-8(4-7)5-9/h5H,2-4H2,1H3,(H,10,11). The molecule has 1 aliphatic heterocycles. The summed E-state index contributed by atoms with van der Waals surface area (Å²) in [6.07, 6.45) is 0.728. The van der Waals surface area contributed by atoms with Crippen molar-refractivity contribution in [2.45, 2.75) is 12.5 Å². The fraction of sp³-hybridized carbons (Fsp3) is 0.714. The first kappa shape index (κ1) is 8.99. The number of hydrogen-bond acceptors (Lipinski definition) is 3. The molecule has 0 unspecified atom stereocenters. The van der Waals surface area contributed by atoms with E-state index in [1.807, 2.05) is 0 Å². The fourth-order valence-electron chi connectivity index (χ4n) is 1.21. The van der Waals surface area contributed by atoms with Crippen LogP contribution in [-0.2, 0) is 14.3 Å². The normalized spacial score (nSPS) is 19.9. The average molecular weight is 173 g/mol. The Hall–Kier alpha value is -1.10. The smallest absolute Gasteiger partial charge is 0.329 e. The first-order valence-corrected chi connectivity index (χ1v) is 3.61. The molecule has 1 heterocycles. The van der Waals surface area contributed by atoms with Gasteiger partial charge in [-0.25, -0.2) is 4.79 Å². The Morgan fingerprint density at radius 3 is 2.75 bits per heavy atom. The number of amides is 1. The predicted octanol–water partition coefficient (Wildman–Crippen LogP) is -0.682. The zero-order valence-corrected chi connectivity index (χ0v) is 6.82. The molecule has 0 aliphatic carbocycles. The van der Waals surface area contributed by atoms with Crippen LogP contribution < -0.4 is 0 Å². The fourth-order valence-corrected chi connectivity index (χ4v) is 1.21. The molecule has 68 valence electrons. The molecule has 1 amide bonds. The highest BCUT2D eigenvalue weighted by Crippen LogP contribution is 2.22. The number of carboxylic acids is 1. The van der Waals surface area contributed by atoms with E-state index < -0.39 is 11.6 Å². The molecule has 0 aromatic carbocycles. The van der Waals surface area contributed by atoms with Gasteiger partial charge in [0, 0.05) is 0 Å². The number of carboxylic acid groups (broad SMARTS) is 1. The van der Waals surface area contributed by atoms with Crippen LogP contribution in [0.5, 0.6) is 0 Å². The van der Waals surface area contributed by atoms with Crippen LogP contribution in [0.3, 0.4) is 0 Å². The maximum atomic E-state index is 10.2. The Morgan fingerprint density at radius 2 is 2.33 bits per heavy atom. The van der Waals surface area contributed by atoms with Crippen LogP contribution in [0.15, 0.2) is 0 Å². The van der Waals surface area contributed by atoms with Crippen molar-refractivity contribution in [1.29, 1.82) is 0 Å². The summed E-state index contributed by atoms with van der Waals surface area (Å²) in [7, 11) is 0. The van der Waals surface area contributed by atoms with E-state index in [0.29, 0.717) is 13.1 Å². The highest BCUT2D eigenvalue weighted by atomic mass is 16.5. The molecular formula is C7H11NO4. The van der Waals surface area contributed by atoms with Gasteiger partial charge in [-0.2, -0.15) is 0 Å². The largest absolute Gasteiger partial charge is 0.480 e. The zero-order chi connectivity index (χ0) is 9.19. The number of nitrogens with zero attached hydrogens (tertiary/aromatic N) is 1. The van der Waals surface area contributed by atoms with Crippen LogP contribution >= 0.6 is 0 Å². The van der Waals surface area contributed by atoms with Gasteiger partial charge in [0.2, 0.25) is 6.41 Å². The second kappa shape index (κ2) is 3.10. The number of likely N-dealkylation sites (tertiary alicyclic amines) is 1. The van der Waals surface area contributed by atoms with Gasteiger partial charge < -0.3 is 14.7 Å². The van der Waals surface area contributed by atoms with Crippen LogP contribution in [0.2, 0.25) is 0 Å². The third-order valence-corrected chi connectivity index (χ3v) is 1.77. The first-order chi connectivity index (χ1) is 5.56. The van der Waals surface area contributed by atoms with Gasteiger partial charge in [-0.1, -0.05) is 0 Å². The Bertz CT molecular complexity index is 198. The number of carbonyl (C=O) groups excluding carboxylic acids is 1. The van der Waals surface area contributed by atoms with E-state index in [0.717, 1.165) is 6.41 Å². The quantitative estimate of drug-likeness (QED) is 0.572. The molecule has 1 fully saturated rings. The van der Waals surface area contributed by atoms with Gasteiger partial charge in [0.05, 0.1) is 13.1 Å². The molecule has 12 heavy (non-hydrogen) atoms. The van der Waals surface area contributed by atoms with Gasteiger partial charge in [0.1, 0.15) is 12.2 Å². The molecular weight excluding hydrogens is 162 g/mol. The van der Waals surface area contributed by atoms with Crippen LogP contribution in [-0.4, -0.2) is 47.7 Å². The lowest BCUT2D eigenvalue weighted by molar-refractivity contribution is -0.167. The number of rotatable bonds is 4. The number of hydrogen-bond donors (Lipinski definition) is 1. The van der Waals surface area contributed by atoms with E-state index in [4.69, 9.17) is 9.84 Å². The topological polar surface area (TPSA) is 66.8 Å². The highest BCUT2D eigenvalue weighted by Gasteiger charge is 2.39. The van der Waals surface area contributed by atoms with Crippen LogP contribution in [0.4, 0.5) is 0 Å². The number of carbonyl (C=O) groups is 2. The maximum absolute atomic E-state index is 10.2. The van der Waals surface area contributed by atoms with Gasteiger partial charge in [-0.05, 0) is 6.92 Å². The molecule has 0 atom stereocenters. The van der Waals surface area contributed by atoms with Crippen molar-refractivity contribution in [3.63, 3.8) is 0 Å². The molecule has 0 aromatic heterocycles. The molecule has 1 N–H and O–H groups in total. The van der Waals surface area contributed by atoms with E-state index in [1.165, 1.54) is 4.90 Å². The van der Waals surface area contributed by atoms with Crippen molar-refractivity contribution in [2.75, 3.05) is 19.7 Å². The Balaban J connectivity index is 2.25. The monoisotopic (exact) mass is 173 g/mol. The van der Waals surface area contributed by atoms with Crippen LogP contribution in [0.25, 0.3) is 0 Å². The van der Waals surface area contributed by atoms with Crippen molar-refractivity contribution in [2.24, 2.45) is 0 Å². The van der Waals surface area contributed by atoms with Crippen molar-refractivity contribution in [1.82, 2.24) is 4.90 Å². The molecule has 1 saturated heterocycles. The average Bonchev–Trinajstić information content (AvgIpc) is 1.95. The SMILES string of the molecule is CC1(OCC(=O)O)CN(C=O)C1. The summed E-state index contributed by atoms with van der Waals surface area (Å²) >= 11 is 0. The van der Waals surface area contributed by atoms with Crippen molar-refractivity contribution >= 4 is 12.4 Å². The van der Waals surface area contributed by atoms with E-state index >= 15 is 0 Å². The van der Waals surface area contributed by atoms with Crippen molar-refractivity contribution in [3.8, 4) is 0 Å². The predicted molar refractivity (Wildman–Crippen MR) is 39.6 cm³/mol. The summed E-state index contributed by atoms with van der Waals surface area (Å²) in [6, 6.07) is 0. The first-order valence-electron chi connectivity index (χ1n) is 3.61. The van der Waals surface area contributed by atoms with Gasteiger partial charge >= 0.3 is 5.97 Å². The highest BCUT2D eigenvalue weighted by molar-refractivity contribution is 5.68. The van der Waals surface area contributed by atoms with E-state index in [-0.39, 0.29) is 6.61 Å². The molecule has 1 rings (SSSR count). The number of aliphatic carboxylic acids is 1. The molecule has 0 saturated carbocycles. The zero-order valence-electron chi connectivity index (χ0n) is 6.82. The maximum Gasteiger partial charge on any atom is 0.329 e. The summed E-state index contributed by atoms with van der Waals surface area (Å²) in [5.41, 5.74) is -0.459. The number of ether oxygens (including phenoxy) is 1. The second-order valence-electron chi connectivity index (χ2n) is 3.14. The van der Waals surface area contributed by atoms with Crippen molar-refractivity contribution < 1.29 is 19.4 Å². The Morgan fingerprint density at radius 1 is 1.75 bits per heavy atom. The van der Waals surface area contributed by atoms with E-state index in [2.05, 4.69) is 0 Å². The summed E-state index contributed by atoms with van der Waals surface area (Å²) in [5, 5.41) is 8.31.